The monoisotopic (exact) mass is 176 g/mol. The largest absolute Gasteiger partial charge is 0.379 e. The van der Waals surface area contributed by atoms with Gasteiger partial charge in [-0.05, 0) is 6.92 Å². The second-order valence-corrected chi connectivity index (χ2v) is 2.57. The molecule has 5 heteroatoms. The fourth-order valence-corrected chi connectivity index (χ4v) is 0.619. The van der Waals surface area contributed by atoms with Gasteiger partial charge in [-0.2, -0.15) is 0 Å². The van der Waals surface area contributed by atoms with Gasteiger partial charge in [0.05, 0.1) is 12.1 Å². The molecule has 0 radical (unpaired) electrons. The van der Waals surface area contributed by atoms with Crippen molar-refractivity contribution < 1.29 is 9.63 Å². The molecule has 2 N–H and O–H groups in total. The maximum atomic E-state index is 10.7. The van der Waals surface area contributed by atoms with E-state index in [1.165, 1.54) is 7.11 Å². The van der Waals surface area contributed by atoms with Gasteiger partial charge in [-0.15, -0.1) is 0 Å². The van der Waals surface area contributed by atoms with Crippen molar-refractivity contribution >= 4 is 23.1 Å². The van der Waals surface area contributed by atoms with E-state index in [0.717, 1.165) is 0 Å². The van der Waals surface area contributed by atoms with E-state index in [1.807, 2.05) is 0 Å². The highest BCUT2D eigenvalue weighted by molar-refractivity contribution is 7.80. The minimum atomic E-state index is -0.156. The fraction of sp³-hybridized carbons (Fsp3) is 0.667. The van der Waals surface area contributed by atoms with Crippen LogP contribution in [0.15, 0.2) is 0 Å². The highest BCUT2D eigenvalue weighted by Crippen LogP contribution is 1.77. The molecule has 0 rings (SSSR count). The third-order valence-electron chi connectivity index (χ3n) is 0.942. The van der Waals surface area contributed by atoms with Gasteiger partial charge in [-0.25, -0.2) is 5.48 Å². The molecule has 0 spiro atoms. The third-order valence-corrected chi connectivity index (χ3v) is 1.09. The molecular weight excluding hydrogens is 164 g/mol. The first-order valence-electron chi connectivity index (χ1n) is 3.23. The molecule has 0 aromatic rings. The molecule has 11 heavy (non-hydrogen) atoms. The van der Waals surface area contributed by atoms with Crippen LogP contribution in [0, 0.1) is 0 Å². The van der Waals surface area contributed by atoms with Crippen molar-refractivity contribution in [2.75, 3.05) is 13.7 Å². The summed E-state index contributed by atoms with van der Waals surface area (Å²) in [6.45, 7) is 2.31. The smallest absolute Gasteiger partial charge is 0.245 e. The number of carbonyl (C=O) groups is 1. The third kappa shape index (κ3) is 7.21. The molecule has 0 saturated carbocycles. The summed E-state index contributed by atoms with van der Waals surface area (Å²) in [5.74, 6) is -0.156. The van der Waals surface area contributed by atoms with E-state index >= 15 is 0 Å². The van der Waals surface area contributed by atoms with Gasteiger partial charge in [-0.1, -0.05) is 12.2 Å². The van der Waals surface area contributed by atoms with Gasteiger partial charge in [0, 0.05) is 13.0 Å². The summed E-state index contributed by atoms with van der Waals surface area (Å²) in [5.41, 5.74) is 2.20. The quantitative estimate of drug-likeness (QED) is 0.467. The van der Waals surface area contributed by atoms with Crippen LogP contribution in [0.5, 0.6) is 0 Å². The Bertz CT molecular complexity index is 150. The van der Waals surface area contributed by atoms with Crippen molar-refractivity contribution in [3.8, 4) is 0 Å². The zero-order valence-electron chi connectivity index (χ0n) is 6.64. The van der Waals surface area contributed by atoms with Crippen molar-refractivity contribution in [1.29, 1.82) is 0 Å². The number of rotatable bonds is 4. The summed E-state index contributed by atoms with van der Waals surface area (Å²) in [6, 6.07) is 0. The van der Waals surface area contributed by atoms with Crippen LogP contribution in [0.4, 0.5) is 0 Å². The Hall–Kier alpha value is -0.680. The molecule has 0 bridgehead atoms. The highest BCUT2D eigenvalue weighted by Gasteiger charge is 1.97. The van der Waals surface area contributed by atoms with Gasteiger partial charge < -0.3 is 5.32 Å². The Morgan fingerprint density at radius 2 is 2.27 bits per heavy atom. The number of hydrogen-bond donors (Lipinski definition) is 2. The standard InChI is InChI=1S/C6H12N2O2S/c1-5(11)7-4-3-6(9)8-10-2/h3-4H2,1-2H3,(H,7,11)(H,8,9). The lowest BCUT2D eigenvalue weighted by Gasteiger charge is -2.02. The molecule has 0 aliphatic carbocycles. The zero-order valence-corrected chi connectivity index (χ0v) is 7.46. The fourth-order valence-electron chi connectivity index (χ4n) is 0.517. The van der Waals surface area contributed by atoms with Crippen molar-refractivity contribution in [3.63, 3.8) is 0 Å². The van der Waals surface area contributed by atoms with Crippen LogP contribution in [-0.4, -0.2) is 24.6 Å². The van der Waals surface area contributed by atoms with E-state index in [0.29, 0.717) is 18.0 Å². The van der Waals surface area contributed by atoms with E-state index in [1.54, 1.807) is 6.92 Å². The average Bonchev–Trinajstić information content (AvgIpc) is 1.87. The van der Waals surface area contributed by atoms with Crippen LogP contribution >= 0.6 is 12.2 Å². The summed E-state index contributed by atoms with van der Waals surface area (Å²) in [6.07, 6.45) is 0.363. The minimum absolute atomic E-state index is 0.156. The highest BCUT2D eigenvalue weighted by atomic mass is 32.1. The summed E-state index contributed by atoms with van der Waals surface area (Å²) in [4.78, 5) is 15.8. The van der Waals surface area contributed by atoms with Crippen molar-refractivity contribution in [3.05, 3.63) is 0 Å². The Balaban J connectivity index is 3.24. The first-order chi connectivity index (χ1) is 5.16. The minimum Gasteiger partial charge on any atom is -0.379 e. The van der Waals surface area contributed by atoms with Gasteiger partial charge in [0.15, 0.2) is 0 Å². The Labute approximate surface area is 71.3 Å². The SMILES string of the molecule is CONC(=O)CCNC(C)=S. The predicted molar refractivity (Wildman–Crippen MR) is 46.0 cm³/mol. The Kier molecular flexibility index (Phi) is 5.68. The van der Waals surface area contributed by atoms with Crippen molar-refractivity contribution in [2.45, 2.75) is 13.3 Å². The molecule has 0 saturated heterocycles. The van der Waals surface area contributed by atoms with Gasteiger partial charge >= 0.3 is 0 Å². The molecule has 64 valence electrons. The van der Waals surface area contributed by atoms with Crippen LogP contribution in [0.3, 0.4) is 0 Å². The van der Waals surface area contributed by atoms with Crippen molar-refractivity contribution in [2.24, 2.45) is 0 Å². The number of nitrogens with one attached hydrogen (secondary N) is 2. The number of thiocarbonyl (C=S) groups is 1. The summed E-state index contributed by atoms with van der Waals surface area (Å²) in [5, 5.41) is 2.85. The summed E-state index contributed by atoms with van der Waals surface area (Å²) < 4.78 is 0. The van der Waals surface area contributed by atoms with Crippen LogP contribution in [-0.2, 0) is 9.63 Å². The molecule has 0 aliphatic rings. The summed E-state index contributed by atoms with van der Waals surface area (Å²) in [7, 11) is 1.40. The second kappa shape index (κ2) is 6.06. The maximum Gasteiger partial charge on any atom is 0.245 e. The second-order valence-electron chi connectivity index (χ2n) is 1.96. The van der Waals surface area contributed by atoms with Gasteiger partial charge in [0.1, 0.15) is 0 Å². The number of amides is 1. The molecule has 0 aromatic heterocycles. The van der Waals surface area contributed by atoms with Gasteiger partial charge in [-0.3, -0.25) is 9.63 Å². The van der Waals surface area contributed by atoms with Gasteiger partial charge in [0.2, 0.25) is 5.91 Å². The average molecular weight is 176 g/mol. The predicted octanol–water partition coefficient (Wildman–Crippen LogP) is -0.00900. The van der Waals surface area contributed by atoms with Crippen LogP contribution in [0.25, 0.3) is 0 Å². The molecule has 4 nitrogen and oxygen atoms in total. The number of hydroxylamine groups is 1. The topological polar surface area (TPSA) is 50.4 Å². The van der Waals surface area contributed by atoms with Crippen LogP contribution < -0.4 is 10.8 Å². The molecule has 0 heterocycles. The summed E-state index contributed by atoms with van der Waals surface area (Å²) >= 11 is 4.74. The van der Waals surface area contributed by atoms with Gasteiger partial charge in [0.25, 0.3) is 0 Å². The number of hydrogen-bond acceptors (Lipinski definition) is 3. The van der Waals surface area contributed by atoms with E-state index in [-0.39, 0.29) is 5.91 Å². The van der Waals surface area contributed by atoms with Crippen LogP contribution in [0.2, 0.25) is 0 Å². The lowest BCUT2D eigenvalue weighted by Crippen LogP contribution is -2.28. The molecule has 0 fully saturated rings. The molecule has 0 atom stereocenters. The first kappa shape index (κ1) is 10.3. The van der Waals surface area contributed by atoms with E-state index in [2.05, 4.69) is 15.6 Å². The lowest BCUT2D eigenvalue weighted by atomic mass is 10.4. The van der Waals surface area contributed by atoms with Crippen molar-refractivity contribution in [1.82, 2.24) is 10.8 Å². The number of carbonyl (C=O) groups excluding carboxylic acids is 1. The van der Waals surface area contributed by atoms with E-state index < -0.39 is 0 Å². The first-order valence-corrected chi connectivity index (χ1v) is 3.64. The molecule has 0 aliphatic heterocycles. The lowest BCUT2D eigenvalue weighted by molar-refractivity contribution is -0.131. The zero-order chi connectivity index (χ0) is 8.69. The normalized spacial score (nSPS) is 8.91. The molecule has 0 aromatic carbocycles. The van der Waals surface area contributed by atoms with Crippen LogP contribution in [0.1, 0.15) is 13.3 Å². The Morgan fingerprint density at radius 3 is 2.73 bits per heavy atom. The Morgan fingerprint density at radius 1 is 1.64 bits per heavy atom. The maximum absolute atomic E-state index is 10.7. The van der Waals surface area contributed by atoms with E-state index in [4.69, 9.17) is 12.2 Å². The molecule has 0 unspecified atom stereocenters. The molecule has 1 amide bonds. The van der Waals surface area contributed by atoms with E-state index in [9.17, 15) is 4.79 Å². The molecular formula is C6H12N2O2S.